The first-order chi connectivity index (χ1) is 30.7. The average molecular weight is 910 g/mol. The molecule has 2 aromatic rings. The van der Waals surface area contributed by atoms with Gasteiger partial charge in [-0.25, -0.2) is 0 Å². The maximum atomic E-state index is 12.7. The number of Topliss-reactive ketones (excluding diaryl/α,β-unsaturated/α-hetero) is 2. The zero-order chi connectivity index (χ0) is 46.5. The van der Waals surface area contributed by atoms with E-state index in [1.165, 1.54) is 6.92 Å². The van der Waals surface area contributed by atoms with Gasteiger partial charge in [0.25, 0.3) is 0 Å². The molecule has 2 aromatic carbocycles. The van der Waals surface area contributed by atoms with E-state index in [1.807, 2.05) is 36.4 Å². The van der Waals surface area contributed by atoms with E-state index < -0.39 is 118 Å². The SMILES string of the molecule is CCCCCC(=O)c1cccc(-c2ccc(OCC(=O)CCCCO[C@@H]3OC(CO)[C@@H](O[C@@H]4OC(CO)[C@H](O)[C@H](O[C@H]5OC(CO)[C@H](O)[C@H](O)C5O)C4O)[C@H](O)C3NC(C)=O)cc2)c1. The molecule has 64 heavy (non-hydrogen) atoms. The molecular weight excluding hydrogens is 846 g/mol. The Morgan fingerprint density at radius 3 is 1.92 bits per heavy atom. The average Bonchev–Trinajstić information content (AvgIpc) is 3.29. The van der Waals surface area contributed by atoms with Gasteiger partial charge in [-0.15, -0.1) is 0 Å². The number of rotatable bonds is 23. The van der Waals surface area contributed by atoms with Crippen LogP contribution in [0.5, 0.6) is 5.75 Å². The van der Waals surface area contributed by atoms with E-state index in [1.54, 1.807) is 12.1 Å². The third-order valence-corrected chi connectivity index (χ3v) is 11.4. The summed E-state index contributed by atoms with van der Waals surface area (Å²) >= 11 is 0. The highest BCUT2D eigenvalue weighted by atomic mass is 16.8. The van der Waals surface area contributed by atoms with Crippen LogP contribution in [0.2, 0.25) is 0 Å². The highest BCUT2D eigenvalue weighted by Crippen LogP contribution is 2.33. The molecular formula is C44H63NO19. The van der Waals surface area contributed by atoms with E-state index in [-0.39, 0.29) is 31.2 Å². The minimum absolute atomic E-state index is 0.00969. The number of aliphatic hydroxyl groups excluding tert-OH is 9. The molecule has 3 aliphatic heterocycles. The summed E-state index contributed by atoms with van der Waals surface area (Å²) in [6, 6.07) is 13.4. The molecule has 0 aromatic heterocycles. The Morgan fingerprint density at radius 1 is 0.641 bits per heavy atom. The smallest absolute Gasteiger partial charge is 0.217 e. The van der Waals surface area contributed by atoms with Crippen molar-refractivity contribution in [3.05, 3.63) is 54.1 Å². The number of carbonyl (C=O) groups is 3. The molecule has 0 saturated carbocycles. The minimum atomic E-state index is -1.95. The molecule has 15 atom stereocenters. The van der Waals surface area contributed by atoms with Crippen molar-refractivity contribution in [1.29, 1.82) is 0 Å². The number of benzene rings is 2. The van der Waals surface area contributed by atoms with Gasteiger partial charge in [0.15, 0.2) is 30.4 Å². The van der Waals surface area contributed by atoms with Gasteiger partial charge in [0.05, 0.1) is 19.8 Å². The van der Waals surface area contributed by atoms with Gasteiger partial charge < -0.3 is 84.4 Å². The first-order valence-electron chi connectivity index (χ1n) is 21.7. The van der Waals surface area contributed by atoms with Crippen molar-refractivity contribution in [2.75, 3.05) is 33.0 Å². The molecule has 0 radical (unpaired) electrons. The summed E-state index contributed by atoms with van der Waals surface area (Å²) < 4.78 is 39.9. The second-order valence-electron chi connectivity index (χ2n) is 16.2. The van der Waals surface area contributed by atoms with Crippen LogP contribution in [0, 0.1) is 0 Å². The Labute approximate surface area is 370 Å². The van der Waals surface area contributed by atoms with Gasteiger partial charge in [-0.1, -0.05) is 50.1 Å². The zero-order valence-electron chi connectivity index (χ0n) is 35.9. The van der Waals surface area contributed by atoms with Crippen molar-refractivity contribution in [3.63, 3.8) is 0 Å². The molecule has 3 fully saturated rings. The number of ether oxygens (including phenoxy) is 7. The number of nitrogens with one attached hydrogen (secondary N) is 1. The molecule has 10 N–H and O–H groups in total. The molecule has 6 unspecified atom stereocenters. The van der Waals surface area contributed by atoms with Crippen molar-refractivity contribution < 1.29 is 93.5 Å². The summed E-state index contributed by atoms with van der Waals surface area (Å²) in [5.41, 5.74) is 2.47. The highest BCUT2D eigenvalue weighted by molar-refractivity contribution is 5.97. The van der Waals surface area contributed by atoms with Crippen LogP contribution >= 0.6 is 0 Å². The molecule has 20 nitrogen and oxygen atoms in total. The number of aliphatic hydroxyl groups is 9. The normalized spacial score (nSPS) is 33.1. The van der Waals surface area contributed by atoms with Crippen LogP contribution in [-0.4, -0.2) is 189 Å². The summed E-state index contributed by atoms with van der Waals surface area (Å²) in [4.78, 5) is 37.5. The van der Waals surface area contributed by atoms with Gasteiger partial charge in [0, 0.05) is 31.9 Å². The van der Waals surface area contributed by atoms with Gasteiger partial charge in [-0.2, -0.15) is 0 Å². The topological polar surface area (TPSA) is 310 Å². The van der Waals surface area contributed by atoms with Crippen molar-refractivity contribution >= 4 is 17.5 Å². The van der Waals surface area contributed by atoms with Crippen LogP contribution in [-0.2, 0) is 38.0 Å². The summed E-state index contributed by atoms with van der Waals surface area (Å²) in [7, 11) is 0. The number of ketones is 2. The van der Waals surface area contributed by atoms with E-state index in [0.717, 1.165) is 30.4 Å². The lowest BCUT2D eigenvalue weighted by molar-refractivity contribution is -0.376. The first kappa shape index (κ1) is 51.4. The van der Waals surface area contributed by atoms with Gasteiger partial charge in [-0.05, 0) is 48.6 Å². The van der Waals surface area contributed by atoms with E-state index in [2.05, 4.69) is 12.2 Å². The van der Waals surface area contributed by atoms with Gasteiger partial charge in [0.1, 0.15) is 85.5 Å². The number of hydrogen-bond acceptors (Lipinski definition) is 19. The van der Waals surface area contributed by atoms with E-state index in [4.69, 9.17) is 33.2 Å². The molecule has 3 aliphatic rings. The molecule has 3 saturated heterocycles. The molecule has 3 heterocycles. The second-order valence-corrected chi connectivity index (χ2v) is 16.2. The van der Waals surface area contributed by atoms with Crippen molar-refractivity contribution in [2.24, 2.45) is 0 Å². The molecule has 0 aliphatic carbocycles. The number of hydrogen-bond donors (Lipinski definition) is 10. The maximum Gasteiger partial charge on any atom is 0.217 e. The van der Waals surface area contributed by atoms with Gasteiger partial charge in [0.2, 0.25) is 5.91 Å². The number of amides is 1. The minimum Gasteiger partial charge on any atom is -0.486 e. The third kappa shape index (κ3) is 13.3. The third-order valence-electron chi connectivity index (χ3n) is 11.4. The van der Waals surface area contributed by atoms with Crippen LogP contribution in [0.25, 0.3) is 11.1 Å². The first-order valence-corrected chi connectivity index (χ1v) is 21.7. The molecule has 20 heteroatoms. The predicted molar refractivity (Wildman–Crippen MR) is 221 cm³/mol. The second kappa shape index (κ2) is 24.8. The Bertz CT molecular complexity index is 1770. The Kier molecular flexibility index (Phi) is 20.0. The lowest BCUT2D eigenvalue weighted by Crippen LogP contribution is -2.68. The summed E-state index contributed by atoms with van der Waals surface area (Å²) in [6.45, 7) is 0.729. The monoisotopic (exact) mass is 909 g/mol. The van der Waals surface area contributed by atoms with E-state index in [0.29, 0.717) is 30.6 Å². The van der Waals surface area contributed by atoms with Gasteiger partial charge in [-0.3, -0.25) is 14.4 Å². The predicted octanol–water partition coefficient (Wildman–Crippen LogP) is -1.16. The molecule has 1 amide bonds. The largest absolute Gasteiger partial charge is 0.486 e. The fourth-order valence-electron chi connectivity index (χ4n) is 7.74. The fraction of sp³-hybridized carbons (Fsp3) is 0.659. The number of carbonyl (C=O) groups excluding carboxylic acids is 3. The Morgan fingerprint density at radius 2 is 1.27 bits per heavy atom. The fourth-order valence-corrected chi connectivity index (χ4v) is 7.74. The summed E-state index contributed by atoms with van der Waals surface area (Å²) in [5.74, 6) is -0.138. The van der Waals surface area contributed by atoms with Crippen LogP contribution in [0.3, 0.4) is 0 Å². The van der Waals surface area contributed by atoms with Crippen molar-refractivity contribution in [1.82, 2.24) is 5.32 Å². The zero-order valence-corrected chi connectivity index (χ0v) is 35.9. The Balaban J connectivity index is 1.11. The summed E-state index contributed by atoms with van der Waals surface area (Å²) in [6.07, 6.45) is -19.0. The lowest BCUT2D eigenvalue weighted by Gasteiger charge is -2.48. The molecule has 358 valence electrons. The van der Waals surface area contributed by atoms with Crippen LogP contribution in [0.4, 0.5) is 0 Å². The van der Waals surface area contributed by atoms with Crippen molar-refractivity contribution in [3.8, 4) is 16.9 Å². The van der Waals surface area contributed by atoms with E-state index in [9.17, 15) is 60.3 Å². The molecule has 5 rings (SSSR count). The molecule has 0 spiro atoms. The number of unbranched alkanes of at least 4 members (excludes halogenated alkanes) is 3. The van der Waals surface area contributed by atoms with Gasteiger partial charge >= 0.3 is 0 Å². The Hall–Kier alpha value is -3.55. The van der Waals surface area contributed by atoms with Crippen LogP contribution in [0.15, 0.2) is 48.5 Å². The lowest BCUT2D eigenvalue weighted by atomic mass is 9.95. The van der Waals surface area contributed by atoms with Crippen LogP contribution in [0.1, 0.15) is 69.2 Å². The standard InChI is InChI=1S/C44H63NO19/c1-3-4-5-12-29(51)26-10-8-9-25(18-26)24-13-15-28(16-14-24)59-22-27(50)11-6-7-17-58-42-33(45-23(2)49)36(54)40(32(21-48)62-42)63-44-39(57)41(35(53)31(20-47)61-44)64-43-38(56)37(55)34(52)30(19-46)60-43/h8-10,13-16,18,30-44,46-48,52-57H,3-7,11-12,17,19-22H2,1-2H3,(H,45,49)/t30?,31?,32?,33?,34-,35-,36+,37-,38?,39?,40+,41-,42+,43+,44-/m0/s1. The molecule has 0 bridgehead atoms. The quantitative estimate of drug-likeness (QED) is 0.0465. The van der Waals surface area contributed by atoms with Crippen LogP contribution < -0.4 is 10.1 Å². The maximum absolute atomic E-state index is 12.7. The van der Waals surface area contributed by atoms with E-state index >= 15 is 0 Å². The summed E-state index contributed by atoms with van der Waals surface area (Å²) in [5, 5.41) is 96.8. The highest BCUT2D eigenvalue weighted by Gasteiger charge is 2.54. The van der Waals surface area contributed by atoms with Crippen molar-refractivity contribution in [2.45, 2.75) is 151 Å².